The fraction of sp³-hybridized carbons (Fsp3) is 0. The second-order valence-electron chi connectivity index (χ2n) is 4.16. The summed E-state index contributed by atoms with van der Waals surface area (Å²) >= 11 is 7.19. The Morgan fingerprint density at radius 2 is 2.15 bits per heavy atom. The number of aromatic carboxylic acids is 1. The van der Waals surface area contributed by atoms with Crippen LogP contribution in [0.3, 0.4) is 0 Å². The zero-order valence-corrected chi connectivity index (χ0v) is 11.5. The minimum atomic E-state index is -1.10. The average molecular weight is 308 g/mol. The molecule has 0 bridgehead atoms. The van der Waals surface area contributed by atoms with Crippen LogP contribution in [0.5, 0.6) is 0 Å². The molecule has 0 aliphatic carbocycles. The summed E-state index contributed by atoms with van der Waals surface area (Å²) in [6, 6.07) is 5.75. The van der Waals surface area contributed by atoms with Gasteiger partial charge < -0.3 is 5.11 Å². The van der Waals surface area contributed by atoms with Gasteiger partial charge in [0.15, 0.2) is 0 Å². The molecule has 0 aliphatic heterocycles. The lowest BCUT2D eigenvalue weighted by atomic mass is 10.1. The van der Waals surface area contributed by atoms with Crippen molar-refractivity contribution in [2.24, 2.45) is 0 Å². The maximum Gasteiger partial charge on any atom is 0.336 e. The van der Waals surface area contributed by atoms with Crippen molar-refractivity contribution in [3.05, 3.63) is 51.4 Å². The van der Waals surface area contributed by atoms with E-state index in [0.717, 1.165) is 11.6 Å². The molecule has 0 atom stereocenters. The van der Waals surface area contributed by atoms with Gasteiger partial charge in [-0.2, -0.15) is 11.3 Å². The lowest BCUT2D eigenvalue weighted by molar-refractivity contribution is 0.0699. The van der Waals surface area contributed by atoms with E-state index in [4.69, 9.17) is 11.6 Å². The molecule has 0 unspecified atom stereocenters. The molecule has 0 amide bonds. The van der Waals surface area contributed by atoms with E-state index in [-0.39, 0.29) is 16.1 Å². The van der Waals surface area contributed by atoms with Crippen molar-refractivity contribution in [3.8, 4) is 11.3 Å². The minimum Gasteiger partial charge on any atom is -0.478 e. The number of carboxylic acid groups (broad SMARTS) is 1. The molecule has 3 rings (SSSR count). The molecule has 1 aromatic carbocycles. The number of carbonyl (C=O) groups is 1. The highest BCUT2D eigenvalue weighted by atomic mass is 35.5. The molecular weight excluding hydrogens is 301 g/mol. The van der Waals surface area contributed by atoms with E-state index in [9.17, 15) is 14.3 Å². The first-order chi connectivity index (χ1) is 9.56. The Morgan fingerprint density at radius 1 is 1.35 bits per heavy atom. The predicted molar refractivity (Wildman–Crippen MR) is 77.0 cm³/mol. The molecule has 0 saturated heterocycles. The number of hydrogen-bond donors (Lipinski definition) is 1. The molecule has 2 aromatic heterocycles. The predicted octanol–water partition coefficient (Wildman–Crippen LogP) is 4.45. The fourth-order valence-electron chi connectivity index (χ4n) is 1.96. The zero-order chi connectivity index (χ0) is 14.3. The Hall–Kier alpha value is -1.98. The van der Waals surface area contributed by atoms with Crippen LogP contribution in [0, 0.1) is 5.82 Å². The van der Waals surface area contributed by atoms with Crippen LogP contribution >= 0.6 is 22.9 Å². The minimum absolute atomic E-state index is 0.0538. The van der Waals surface area contributed by atoms with Crippen molar-refractivity contribution in [1.82, 2.24) is 4.98 Å². The lowest BCUT2D eigenvalue weighted by Crippen LogP contribution is -2.00. The zero-order valence-electron chi connectivity index (χ0n) is 9.93. The Bertz CT molecular complexity index is 818. The maximum atomic E-state index is 13.5. The van der Waals surface area contributed by atoms with Crippen molar-refractivity contribution in [1.29, 1.82) is 0 Å². The number of benzene rings is 1. The number of carboxylic acids is 1. The van der Waals surface area contributed by atoms with Crippen LogP contribution in [-0.2, 0) is 0 Å². The van der Waals surface area contributed by atoms with E-state index in [2.05, 4.69) is 4.98 Å². The summed E-state index contributed by atoms with van der Waals surface area (Å²) in [6.45, 7) is 0. The highest BCUT2D eigenvalue weighted by Crippen LogP contribution is 2.29. The van der Waals surface area contributed by atoms with Gasteiger partial charge in [0.05, 0.1) is 21.8 Å². The summed E-state index contributed by atoms with van der Waals surface area (Å²) < 4.78 is 13.5. The smallest absolute Gasteiger partial charge is 0.336 e. The van der Waals surface area contributed by atoms with Gasteiger partial charge in [-0.15, -0.1) is 0 Å². The summed E-state index contributed by atoms with van der Waals surface area (Å²) in [5.74, 6) is -1.72. The standard InChI is InChI=1S/C14H7ClFNO2S/c15-10-3-8-9(14(18)19)4-12(7-1-2-20-6-7)17-13(8)5-11(10)16/h1-6H,(H,18,19). The Morgan fingerprint density at radius 3 is 2.80 bits per heavy atom. The third kappa shape index (κ3) is 2.15. The first-order valence-electron chi connectivity index (χ1n) is 5.62. The Labute approximate surface area is 122 Å². The van der Waals surface area contributed by atoms with Crippen LogP contribution in [0.2, 0.25) is 5.02 Å². The molecule has 3 nitrogen and oxygen atoms in total. The summed E-state index contributed by atoms with van der Waals surface area (Å²) in [6.07, 6.45) is 0. The van der Waals surface area contributed by atoms with Crippen LogP contribution in [0.1, 0.15) is 10.4 Å². The average Bonchev–Trinajstić information content (AvgIpc) is 2.92. The van der Waals surface area contributed by atoms with Gasteiger partial charge in [-0.1, -0.05) is 11.6 Å². The number of halogens is 2. The molecule has 0 radical (unpaired) electrons. The monoisotopic (exact) mass is 307 g/mol. The quantitative estimate of drug-likeness (QED) is 0.760. The van der Waals surface area contributed by atoms with Gasteiger partial charge in [0.1, 0.15) is 5.82 Å². The molecule has 0 spiro atoms. The molecule has 3 aromatic rings. The first-order valence-corrected chi connectivity index (χ1v) is 6.94. The summed E-state index contributed by atoms with van der Waals surface area (Å²) in [5.41, 5.74) is 1.62. The summed E-state index contributed by atoms with van der Waals surface area (Å²) in [4.78, 5) is 15.7. The van der Waals surface area contributed by atoms with Gasteiger partial charge in [0, 0.05) is 22.4 Å². The molecule has 1 N–H and O–H groups in total. The molecule has 0 aliphatic rings. The van der Waals surface area contributed by atoms with E-state index >= 15 is 0 Å². The van der Waals surface area contributed by atoms with Gasteiger partial charge in [-0.25, -0.2) is 14.2 Å². The van der Waals surface area contributed by atoms with E-state index in [1.165, 1.54) is 23.5 Å². The molecule has 2 heterocycles. The van der Waals surface area contributed by atoms with E-state index in [1.807, 2.05) is 16.8 Å². The molecular formula is C14H7ClFNO2S. The van der Waals surface area contributed by atoms with Crippen LogP contribution in [-0.4, -0.2) is 16.1 Å². The molecule has 0 saturated carbocycles. The summed E-state index contributed by atoms with van der Waals surface area (Å²) in [5, 5.41) is 13.2. The molecule has 20 heavy (non-hydrogen) atoms. The van der Waals surface area contributed by atoms with Gasteiger partial charge >= 0.3 is 5.97 Å². The number of nitrogens with zero attached hydrogens (tertiary/aromatic N) is 1. The van der Waals surface area contributed by atoms with Gasteiger partial charge in [0.2, 0.25) is 0 Å². The number of aromatic nitrogens is 1. The van der Waals surface area contributed by atoms with E-state index in [1.54, 1.807) is 0 Å². The number of pyridine rings is 1. The maximum absolute atomic E-state index is 13.5. The fourth-order valence-corrected chi connectivity index (χ4v) is 2.77. The van der Waals surface area contributed by atoms with Crippen molar-refractivity contribution >= 4 is 39.8 Å². The van der Waals surface area contributed by atoms with Crippen molar-refractivity contribution in [2.45, 2.75) is 0 Å². The third-order valence-electron chi connectivity index (χ3n) is 2.90. The summed E-state index contributed by atoms with van der Waals surface area (Å²) in [7, 11) is 0. The highest BCUT2D eigenvalue weighted by molar-refractivity contribution is 7.08. The first kappa shape index (κ1) is 13.0. The van der Waals surface area contributed by atoms with E-state index in [0.29, 0.717) is 11.1 Å². The van der Waals surface area contributed by atoms with Crippen LogP contribution in [0.4, 0.5) is 4.39 Å². The normalized spacial score (nSPS) is 10.9. The molecule has 6 heteroatoms. The second-order valence-corrected chi connectivity index (χ2v) is 5.34. The number of hydrogen-bond acceptors (Lipinski definition) is 3. The second kappa shape index (κ2) is 4.85. The number of thiophene rings is 1. The third-order valence-corrected chi connectivity index (χ3v) is 3.87. The lowest BCUT2D eigenvalue weighted by Gasteiger charge is -2.07. The molecule has 0 fully saturated rings. The molecule has 100 valence electrons. The van der Waals surface area contributed by atoms with E-state index < -0.39 is 11.8 Å². The SMILES string of the molecule is O=C(O)c1cc(-c2ccsc2)nc2cc(F)c(Cl)cc12. The van der Waals surface area contributed by atoms with Crippen LogP contribution in [0.15, 0.2) is 35.0 Å². The Balaban J connectivity index is 2.36. The highest BCUT2D eigenvalue weighted by Gasteiger charge is 2.15. The van der Waals surface area contributed by atoms with Gasteiger partial charge in [-0.3, -0.25) is 0 Å². The Kier molecular flexibility index (Phi) is 3.16. The van der Waals surface area contributed by atoms with Gasteiger partial charge in [-0.05, 0) is 23.6 Å². The van der Waals surface area contributed by atoms with Crippen molar-refractivity contribution in [2.75, 3.05) is 0 Å². The number of rotatable bonds is 2. The largest absolute Gasteiger partial charge is 0.478 e. The van der Waals surface area contributed by atoms with Crippen molar-refractivity contribution < 1.29 is 14.3 Å². The van der Waals surface area contributed by atoms with Crippen molar-refractivity contribution in [3.63, 3.8) is 0 Å². The number of fused-ring (bicyclic) bond motifs is 1. The van der Waals surface area contributed by atoms with Gasteiger partial charge in [0.25, 0.3) is 0 Å². The van der Waals surface area contributed by atoms with Crippen LogP contribution in [0.25, 0.3) is 22.2 Å². The topological polar surface area (TPSA) is 50.2 Å². The van der Waals surface area contributed by atoms with Crippen LogP contribution < -0.4 is 0 Å².